The minimum Gasteiger partial charge on any atom is -0.366 e. The Morgan fingerprint density at radius 3 is 2.58 bits per heavy atom. The van der Waals surface area contributed by atoms with Gasteiger partial charge in [0.1, 0.15) is 5.82 Å². The predicted octanol–water partition coefficient (Wildman–Crippen LogP) is 2.64. The molecule has 4 heteroatoms. The van der Waals surface area contributed by atoms with Gasteiger partial charge in [-0.25, -0.2) is 4.98 Å². The van der Waals surface area contributed by atoms with Gasteiger partial charge in [-0.2, -0.15) is 0 Å². The largest absolute Gasteiger partial charge is 0.366 e. The summed E-state index contributed by atoms with van der Waals surface area (Å²) in [6, 6.07) is 13.2. The summed E-state index contributed by atoms with van der Waals surface area (Å²) in [5, 5.41) is 0. The number of rotatable bonds is 2. The quantitative estimate of drug-likeness (QED) is 0.735. The van der Waals surface area contributed by atoms with Gasteiger partial charge in [0.05, 0.1) is 11.0 Å². The summed E-state index contributed by atoms with van der Waals surface area (Å²) in [5.41, 5.74) is 9.77. The molecule has 0 spiro atoms. The van der Waals surface area contributed by atoms with Crippen LogP contribution in [0.3, 0.4) is 0 Å². The third kappa shape index (κ3) is 2.08. The second kappa shape index (κ2) is 4.24. The summed E-state index contributed by atoms with van der Waals surface area (Å²) in [7, 11) is 0. The van der Waals surface area contributed by atoms with Crippen LogP contribution in [-0.4, -0.2) is 15.9 Å². The fourth-order valence-electron chi connectivity index (χ4n) is 2.05. The van der Waals surface area contributed by atoms with Crippen LogP contribution in [0.2, 0.25) is 0 Å². The topological polar surface area (TPSA) is 71.8 Å². The van der Waals surface area contributed by atoms with Crippen molar-refractivity contribution in [3.05, 3.63) is 53.6 Å². The van der Waals surface area contributed by atoms with Gasteiger partial charge >= 0.3 is 0 Å². The molecule has 0 radical (unpaired) electrons. The van der Waals surface area contributed by atoms with Crippen LogP contribution in [0.4, 0.5) is 0 Å². The predicted molar refractivity (Wildman–Crippen MR) is 74.8 cm³/mol. The molecule has 1 heterocycles. The standard InChI is InChI=1S/C15H13N3O/c1-9-2-7-12-13(8-9)18-15(17-12)11-5-3-10(4-6-11)14(16)19/h2-8H,1H3,(H2,16,19)(H,17,18). The first-order valence-electron chi connectivity index (χ1n) is 6.00. The first-order chi connectivity index (χ1) is 9.13. The van der Waals surface area contributed by atoms with E-state index in [1.54, 1.807) is 12.1 Å². The molecule has 0 saturated heterocycles. The molecule has 3 aromatic rings. The van der Waals surface area contributed by atoms with Gasteiger partial charge in [-0.15, -0.1) is 0 Å². The van der Waals surface area contributed by atoms with E-state index in [1.165, 1.54) is 5.56 Å². The van der Waals surface area contributed by atoms with Crippen LogP contribution in [-0.2, 0) is 0 Å². The van der Waals surface area contributed by atoms with Crippen molar-refractivity contribution in [1.82, 2.24) is 9.97 Å². The average molecular weight is 251 g/mol. The highest BCUT2D eigenvalue weighted by Crippen LogP contribution is 2.21. The van der Waals surface area contributed by atoms with Crippen LogP contribution in [0.25, 0.3) is 22.4 Å². The van der Waals surface area contributed by atoms with Gasteiger partial charge in [-0.3, -0.25) is 4.79 Å². The minimum atomic E-state index is -0.424. The number of amides is 1. The Bertz CT molecular complexity index is 757. The Kier molecular flexibility index (Phi) is 2.56. The fraction of sp³-hybridized carbons (Fsp3) is 0.0667. The lowest BCUT2D eigenvalue weighted by Gasteiger charge is -1.98. The number of carbonyl (C=O) groups excluding carboxylic acids is 1. The maximum Gasteiger partial charge on any atom is 0.248 e. The molecule has 0 saturated carbocycles. The molecule has 0 aliphatic carbocycles. The van der Waals surface area contributed by atoms with E-state index in [9.17, 15) is 4.79 Å². The average Bonchev–Trinajstić information content (AvgIpc) is 2.81. The molecule has 19 heavy (non-hydrogen) atoms. The second-order valence-corrected chi connectivity index (χ2v) is 4.55. The number of nitrogens with zero attached hydrogens (tertiary/aromatic N) is 1. The maximum absolute atomic E-state index is 11.0. The van der Waals surface area contributed by atoms with E-state index in [0.717, 1.165) is 22.4 Å². The van der Waals surface area contributed by atoms with Crippen LogP contribution >= 0.6 is 0 Å². The number of primary amides is 1. The molecule has 0 unspecified atom stereocenters. The Balaban J connectivity index is 2.06. The molecule has 3 rings (SSSR count). The van der Waals surface area contributed by atoms with Crippen molar-refractivity contribution in [2.75, 3.05) is 0 Å². The summed E-state index contributed by atoms with van der Waals surface area (Å²) >= 11 is 0. The van der Waals surface area contributed by atoms with Crippen molar-refractivity contribution >= 4 is 16.9 Å². The molecule has 3 N–H and O–H groups in total. The van der Waals surface area contributed by atoms with Crippen LogP contribution < -0.4 is 5.73 Å². The number of aryl methyl sites for hydroxylation is 1. The van der Waals surface area contributed by atoms with Crippen molar-refractivity contribution < 1.29 is 4.79 Å². The van der Waals surface area contributed by atoms with Crippen LogP contribution in [0.5, 0.6) is 0 Å². The molecule has 1 amide bonds. The van der Waals surface area contributed by atoms with Crippen molar-refractivity contribution in [3.8, 4) is 11.4 Å². The molecule has 1 aromatic heterocycles. The summed E-state index contributed by atoms with van der Waals surface area (Å²) in [6.45, 7) is 2.04. The number of H-pyrrole nitrogens is 1. The van der Waals surface area contributed by atoms with Gasteiger partial charge in [-0.05, 0) is 36.8 Å². The molecule has 0 aliphatic rings. The highest BCUT2D eigenvalue weighted by molar-refractivity contribution is 5.93. The van der Waals surface area contributed by atoms with E-state index in [2.05, 4.69) is 16.0 Å². The summed E-state index contributed by atoms with van der Waals surface area (Å²) < 4.78 is 0. The zero-order valence-corrected chi connectivity index (χ0v) is 10.5. The number of aromatic amines is 1. The van der Waals surface area contributed by atoms with Crippen molar-refractivity contribution in [1.29, 1.82) is 0 Å². The Labute approximate surface area is 110 Å². The minimum absolute atomic E-state index is 0.424. The lowest BCUT2D eigenvalue weighted by atomic mass is 10.1. The van der Waals surface area contributed by atoms with Crippen molar-refractivity contribution in [2.45, 2.75) is 6.92 Å². The van der Waals surface area contributed by atoms with E-state index in [4.69, 9.17) is 5.73 Å². The molecular formula is C15H13N3O. The van der Waals surface area contributed by atoms with Gasteiger partial charge < -0.3 is 10.7 Å². The van der Waals surface area contributed by atoms with Crippen LogP contribution in [0.1, 0.15) is 15.9 Å². The van der Waals surface area contributed by atoms with E-state index >= 15 is 0 Å². The molecule has 0 atom stereocenters. The van der Waals surface area contributed by atoms with Gasteiger partial charge in [0, 0.05) is 11.1 Å². The normalized spacial score (nSPS) is 10.8. The lowest BCUT2D eigenvalue weighted by molar-refractivity contribution is 0.100. The number of nitrogens with two attached hydrogens (primary N) is 1. The Morgan fingerprint density at radius 1 is 1.16 bits per heavy atom. The van der Waals surface area contributed by atoms with Gasteiger partial charge in [0.15, 0.2) is 0 Å². The second-order valence-electron chi connectivity index (χ2n) is 4.55. The van der Waals surface area contributed by atoms with E-state index in [1.807, 2.05) is 31.2 Å². The fourth-order valence-corrected chi connectivity index (χ4v) is 2.05. The SMILES string of the molecule is Cc1ccc2nc(-c3ccc(C(N)=O)cc3)[nH]c2c1. The Hall–Kier alpha value is -2.62. The highest BCUT2D eigenvalue weighted by atomic mass is 16.1. The number of benzene rings is 2. The van der Waals surface area contributed by atoms with E-state index < -0.39 is 5.91 Å². The molecule has 2 aromatic carbocycles. The van der Waals surface area contributed by atoms with E-state index in [0.29, 0.717) is 5.56 Å². The van der Waals surface area contributed by atoms with Gasteiger partial charge in [0.2, 0.25) is 5.91 Å². The van der Waals surface area contributed by atoms with Crippen LogP contribution in [0.15, 0.2) is 42.5 Å². The first kappa shape index (κ1) is 11.5. The number of carbonyl (C=O) groups is 1. The third-order valence-corrected chi connectivity index (χ3v) is 3.08. The molecular weight excluding hydrogens is 238 g/mol. The smallest absolute Gasteiger partial charge is 0.248 e. The van der Waals surface area contributed by atoms with E-state index in [-0.39, 0.29) is 0 Å². The van der Waals surface area contributed by atoms with Crippen molar-refractivity contribution in [3.63, 3.8) is 0 Å². The molecule has 0 fully saturated rings. The van der Waals surface area contributed by atoms with Gasteiger partial charge in [-0.1, -0.05) is 18.2 Å². The zero-order chi connectivity index (χ0) is 13.4. The Morgan fingerprint density at radius 2 is 1.89 bits per heavy atom. The number of nitrogens with one attached hydrogen (secondary N) is 1. The number of hydrogen-bond donors (Lipinski definition) is 2. The van der Waals surface area contributed by atoms with Gasteiger partial charge in [0.25, 0.3) is 0 Å². The number of fused-ring (bicyclic) bond motifs is 1. The summed E-state index contributed by atoms with van der Waals surface area (Å²) in [5.74, 6) is 0.364. The molecule has 4 nitrogen and oxygen atoms in total. The summed E-state index contributed by atoms with van der Waals surface area (Å²) in [4.78, 5) is 18.8. The van der Waals surface area contributed by atoms with Crippen LogP contribution in [0, 0.1) is 6.92 Å². The monoisotopic (exact) mass is 251 g/mol. The zero-order valence-electron chi connectivity index (χ0n) is 10.5. The number of aromatic nitrogens is 2. The third-order valence-electron chi connectivity index (χ3n) is 3.08. The number of hydrogen-bond acceptors (Lipinski definition) is 2. The maximum atomic E-state index is 11.0. The van der Waals surface area contributed by atoms with Crippen molar-refractivity contribution in [2.24, 2.45) is 5.73 Å². The molecule has 0 bridgehead atoms. The lowest BCUT2D eigenvalue weighted by Crippen LogP contribution is -2.10. The first-order valence-corrected chi connectivity index (χ1v) is 6.00. The summed E-state index contributed by atoms with van der Waals surface area (Å²) in [6.07, 6.45) is 0. The molecule has 0 aliphatic heterocycles. The highest BCUT2D eigenvalue weighted by Gasteiger charge is 2.06. The molecule has 94 valence electrons. The number of imidazole rings is 1.